The molecule has 4 rings (SSSR count). The molecule has 6 nitrogen and oxygen atoms in total. The smallest absolute Gasteiger partial charge is 0.200 e. The number of H-pyrrole nitrogens is 1. The molecule has 0 amide bonds. The topological polar surface area (TPSA) is 80.6 Å². The van der Waals surface area contributed by atoms with E-state index in [4.69, 9.17) is 0 Å². The molecule has 0 saturated heterocycles. The van der Waals surface area contributed by atoms with Crippen LogP contribution >= 0.6 is 0 Å². The van der Waals surface area contributed by atoms with E-state index in [0.717, 1.165) is 6.29 Å². The summed E-state index contributed by atoms with van der Waals surface area (Å²) >= 11 is 0. The number of carbonyl (C=O) groups is 1. The number of aldehydes is 1. The summed E-state index contributed by atoms with van der Waals surface area (Å²) in [5.41, 5.74) is 2.54. The second-order valence-electron chi connectivity index (χ2n) is 5.65. The Balaban J connectivity index is 2.01. The summed E-state index contributed by atoms with van der Waals surface area (Å²) in [6, 6.07) is 12.5. The standard InChI is InChI=1S/C19H14N4O2/c1-12-17-18(25)15(14-7-3-2-6-13(14)11-24)10-21-19(17)23(22-12)16-8-4-5-9-20-16/h2-11H,1H3,(H,21,25). The summed E-state index contributed by atoms with van der Waals surface area (Å²) in [7, 11) is 0. The van der Waals surface area contributed by atoms with Gasteiger partial charge in [-0.3, -0.25) is 9.59 Å². The van der Waals surface area contributed by atoms with Crippen LogP contribution in [-0.4, -0.2) is 26.0 Å². The minimum Gasteiger partial charge on any atom is -0.345 e. The summed E-state index contributed by atoms with van der Waals surface area (Å²) < 4.78 is 1.61. The van der Waals surface area contributed by atoms with Crippen LogP contribution in [0.2, 0.25) is 0 Å². The number of nitrogens with zero attached hydrogens (tertiary/aromatic N) is 3. The molecule has 122 valence electrons. The number of nitrogens with one attached hydrogen (secondary N) is 1. The van der Waals surface area contributed by atoms with Crippen molar-refractivity contribution in [3.8, 4) is 16.9 Å². The van der Waals surface area contributed by atoms with Crippen molar-refractivity contribution in [1.82, 2.24) is 19.7 Å². The van der Waals surface area contributed by atoms with Crippen LogP contribution in [0.1, 0.15) is 16.1 Å². The number of hydrogen-bond donors (Lipinski definition) is 1. The molecule has 1 aromatic carbocycles. The molecular weight excluding hydrogens is 316 g/mol. The molecule has 0 saturated carbocycles. The normalized spacial score (nSPS) is 10.9. The Morgan fingerprint density at radius 1 is 1.08 bits per heavy atom. The van der Waals surface area contributed by atoms with Crippen molar-refractivity contribution in [3.05, 3.63) is 76.3 Å². The first-order valence-electron chi connectivity index (χ1n) is 7.77. The molecular formula is C19H14N4O2. The minimum absolute atomic E-state index is 0.164. The third-order valence-electron chi connectivity index (χ3n) is 4.13. The van der Waals surface area contributed by atoms with E-state index >= 15 is 0 Å². The van der Waals surface area contributed by atoms with Gasteiger partial charge in [-0.25, -0.2) is 4.98 Å². The summed E-state index contributed by atoms with van der Waals surface area (Å²) in [5, 5.41) is 4.94. The first kappa shape index (κ1) is 15.0. The largest absolute Gasteiger partial charge is 0.345 e. The minimum atomic E-state index is -0.164. The fourth-order valence-corrected chi connectivity index (χ4v) is 2.96. The molecule has 25 heavy (non-hydrogen) atoms. The van der Waals surface area contributed by atoms with Gasteiger partial charge in [0.25, 0.3) is 0 Å². The number of hydrogen-bond acceptors (Lipinski definition) is 4. The van der Waals surface area contributed by atoms with Crippen LogP contribution in [0.25, 0.3) is 28.0 Å². The Hall–Kier alpha value is -3.54. The monoisotopic (exact) mass is 330 g/mol. The van der Waals surface area contributed by atoms with Gasteiger partial charge < -0.3 is 4.98 Å². The van der Waals surface area contributed by atoms with E-state index in [1.807, 2.05) is 18.2 Å². The first-order valence-corrected chi connectivity index (χ1v) is 7.77. The van der Waals surface area contributed by atoms with Crippen molar-refractivity contribution in [3.63, 3.8) is 0 Å². The van der Waals surface area contributed by atoms with Crippen molar-refractivity contribution in [1.29, 1.82) is 0 Å². The first-order chi connectivity index (χ1) is 12.2. The highest BCUT2D eigenvalue weighted by Crippen LogP contribution is 2.23. The lowest BCUT2D eigenvalue weighted by Gasteiger charge is -2.06. The lowest BCUT2D eigenvalue weighted by atomic mass is 10.0. The van der Waals surface area contributed by atoms with Crippen molar-refractivity contribution in [2.45, 2.75) is 6.92 Å². The quantitative estimate of drug-likeness (QED) is 0.586. The van der Waals surface area contributed by atoms with Crippen molar-refractivity contribution >= 4 is 17.3 Å². The molecule has 4 aromatic rings. The van der Waals surface area contributed by atoms with Gasteiger partial charge in [0.2, 0.25) is 5.43 Å². The molecule has 0 bridgehead atoms. The summed E-state index contributed by atoms with van der Waals surface area (Å²) in [5.74, 6) is 0.622. The van der Waals surface area contributed by atoms with Crippen molar-refractivity contribution in [2.75, 3.05) is 0 Å². The maximum absolute atomic E-state index is 13.1. The number of fused-ring (bicyclic) bond motifs is 1. The van der Waals surface area contributed by atoms with E-state index in [-0.39, 0.29) is 5.43 Å². The SMILES string of the molecule is Cc1nn(-c2ccccn2)c2[nH]cc(-c3ccccc3C=O)c(=O)c12. The van der Waals surface area contributed by atoms with Gasteiger partial charge in [-0.1, -0.05) is 30.3 Å². The molecule has 0 aliphatic rings. The maximum atomic E-state index is 13.1. The number of benzene rings is 1. The lowest BCUT2D eigenvalue weighted by molar-refractivity contribution is 0.112. The number of rotatable bonds is 3. The van der Waals surface area contributed by atoms with Gasteiger partial charge in [0.05, 0.1) is 11.1 Å². The molecule has 0 unspecified atom stereocenters. The average Bonchev–Trinajstić information content (AvgIpc) is 3.00. The van der Waals surface area contributed by atoms with Crippen molar-refractivity contribution in [2.24, 2.45) is 0 Å². The van der Waals surface area contributed by atoms with E-state index in [1.54, 1.807) is 48.3 Å². The predicted molar refractivity (Wildman–Crippen MR) is 95.0 cm³/mol. The second kappa shape index (κ2) is 5.83. The zero-order chi connectivity index (χ0) is 17.4. The third-order valence-corrected chi connectivity index (χ3v) is 4.13. The molecule has 0 atom stereocenters. The lowest BCUT2D eigenvalue weighted by Crippen LogP contribution is -2.08. The number of carbonyl (C=O) groups excluding carboxylic acids is 1. The Kier molecular flexibility index (Phi) is 3.50. The molecule has 1 N–H and O–H groups in total. The van der Waals surface area contributed by atoms with E-state index in [9.17, 15) is 9.59 Å². The van der Waals surface area contributed by atoms with Crippen LogP contribution in [0.5, 0.6) is 0 Å². The summed E-state index contributed by atoms with van der Waals surface area (Å²) in [6.45, 7) is 1.78. The molecule has 0 aliphatic carbocycles. The van der Waals surface area contributed by atoms with Crippen LogP contribution in [0.4, 0.5) is 0 Å². The molecule has 0 fully saturated rings. The van der Waals surface area contributed by atoms with Gasteiger partial charge in [-0.2, -0.15) is 9.78 Å². The van der Waals surface area contributed by atoms with Crippen LogP contribution in [0.15, 0.2) is 59.7 Å². The zero-order valence-corrected chi connectivity index (χ0v) is 13.4. The van der Waals surface area contributed by atoms with E-state index in [0.29, 0.717) is 39.2 Å². The van der Waals surface area contributed by atoms with Gasteiger partial charge in [0.15, 0.2) is 12.1 Å². The average molecular weight is 330 g/mol. The number of aromatic nitrogens is 4. The van der Waals surface area contributed by atoms with Crippen molar-refractivity contribution < 1.29 is 4.79 Å². The van der Waals surface area contributed by atoms with Crippen LogP contribution < -0.4 is 5.43 Å². The Morgan fingerprint density at radius 2 is 1.88 bits per heavy atom. The van der Waals surface area contributed by atoms with Gasteiger partial charge in [-0.05, 0) is 24.6 Å². The molecule has 3 heterocycles. The number of pyridine rings is 2. The van der Waals surface area contributed by atoms with Gasteiger partial charge in [0.1, 0.15) is 5.65 Å². The van der Waals surface area contributed by atoms with E-state index in [2.05, 4.69) is 15.1 Å². The van der Waals surface area contributed by atoms with Gasteiger partial charge in [-0.15, -0.1) is 0 Å². The summed E-state index contributed by atoms with van der Waals surface area (Å²) in [6.07, 6.45) is 4.04. The fraction of sp³-hybridized carbons (Fsp3) is 0.0526. The highest BCUT2D eigenvalue weighted by molar-refractivity contribution is 5.90. The van der Waals surface area contributed by atoms with E-state index in [1.165, 1.54) is 0 Å². The fourth-order valence-electron chi connectivity index (χ4n) is 2.96. The highest BCUT2D eigenvalue weighted by atomic mass is 16.1. The highest BCUT2D eigenvalue weighted by Gasteiger charge is 2.17. The van der Waals surface area contributed by atoms with Crippen LogP contribution in [0, 0.1) is 6.92 Å². The van der Waals surface area contributed by atoms with Gasteiger partial charge in [0, 0.05) is 23.5 Å². The Bertz CT molecular complexity index is 1140. The zero-order valence-electron chi connectivity index (χ0n) is 13.4. The Morgan fingerprint density at radius 3 is 2.64 bits per heavy atom. The third kappa shape index (κ3) is 2.35. The predicted octanol–water partition coefficient (Wildman–Crippen LogP) is 2.90. The van der Waals surface area contributed by atoms with Crippen LogP contribution in [0.3, 0.4) is 0 Å². The number of aromatic amines is 1. The molecule has 0 spiro atoms. The number of aryl methyl sites for hydroxylation is 1. The molecule has 0 radical (unpaired) electrons. The maximum Gasteiger partial charge on any atom is 0.200 e. The second-order valence-corrected chi connectivity index (χ2v) is 5.65. The van der Waals surface area contributed by atoms with Gasteiger partial charge >= 0.3 is 0 Å². The molecule has 3 aromatic heterocycles. The Labute approximate surface area is 142 Å². The van der Waals surface area contributed by atoms with E-state index < -0.39 is 0 Å². The molecule has 6 heteroatoms. The summed E-state index contributed by atoms with van der Waals surface area (Å²) in [4.78, 5) is 31.8. The van der Waals surface area contributed by atoms with Crippen LogP contribution in [-0.2, 0) is 0 Å². The molecule has 0 aliphatic heterocycles.